The molecule has 0 unspecified atom stereocenters. The maximum absolute atomic E-state index is 13.8. The SMILES string of the molecule is CCN(CC)c1ccc2c(c1)Oc1cc(N(CC)CC)ccc1C21OC(=O)c2ccccc21.CCO[Si](CCCN)(OCC)OCC.CCO[Si](CCCNC(=O)c1ccccc1-c1c2ccc(=[N+](CC)CC)cc-2oc2cc(N(CC)CC)ccc12)(OCC)OCC.[Cl-]. The van der Waals surface area contributed by atoms with Gasteiger partial charge in [0.25, 0.3) is 5.91 Å². The number of ether oxygens (including phenoxy) is 2. The number of carbonyl (C=O) groups is 2. The van der Waals surface area contributed by atoms with E-state index in [2.05, 4.69) is 153 Å². The van der Waals surface area contributed by atoms with E-state index in [9.17, 15) is 9.59 Å². The Morgan fingerprint density at radius 3 is 1.49 bits per heavy atom. The third kappa shape index (κ3) is 17.3. The van der Waals surface area contributed by atoms with Gasteiger partial charge in [0.15, 0.2) is 5.60 Å². The highest BCUT2D eigenvalue weighted by molar-refractivity contribution is 6.61. The van der Waals surface area contributed by atoms with E-state index in [1.807, 2.05) is 90.1 Å². The standard InChI is InChI=1S/C37H51N3O5Si.C28H30N2O3.C9H23NO3Si.ClH/c1-8-39(9-2)28-20-22-32-34(26-28)45-35-27-29(40(10-3)11-4)21-23-33(35)36(32)30-18-15-16-19-31(30)37(41)38-24-17-25-46(42-12-5,43-13-6)44-14-7;1-5-29(6-2)19-13-15-23-25(17-19)32-26-18-20(30(7-3)8-4)14-16-24(26)28(23)22-12-10-9-11-21(22)27(31)33-28;1-4-11-14(12-5-2,13-6-3)9-7-8-10;/h15-16,18-23,26-27H,8-14,17,24-25H2,1-7H3;9-18H,5-8H2,1-4H3;4-10H2,1-3H3;1H. The number of esters is 1. The van der Waals surface area contributed by atoms with Crippen LogP contribution in [0, 0.1) is 0 Å². The highest BCUT2D eigenvalue weighted by Gasteiger charge is 2.53. The van der Waals surface area contributed by atoms with E-state index in [1.165, 1.54) is 0 Å². The average Bonchev–Trinajstić information content (AvgIpc) is 1.42. The van der Waals surface area contributed by atoms with Crippen LogP contribution in [0.5, 0.6) is 11.5 Å². The number of carbonyl (C=O) groups excluding carboxylic acids is 2. The minimum absolute atomic E-state index is 0. The average molecular weight is 1350 g/mol. The highest BCUT2D eigenvalue weighted by atomic mass is 35.5. The normalized spacial score (nSPS) is 12.7. The molecule has 94 heavy (non-hydrogen) atoms. The second kappa shape index (κ2) is 37.0. The van der Waals surface area contributed by atoms with Gasteiger partial charge >= 0.3 is 23.6 Å². The molecular formula is C74H105ClN6O11Si2. The molecule has 1 aliphatic carbocycles. The summed E-state index contributed by atoms with van der Waals surface area (Å²) >= 11 is 0. The van der Waals surface area contributed by atoms with Gasteiger partial charge in [0.1, 0.15) is 35.9 Å². The zero-order valence-corrected chi connectivity index (χ0v) is 61.2. The molecule has 0 bridgehead atoms. The lowest BCUT2D eigenvalue weighted by Gasteiger charge is -2.37. The summed E-state index contributed by atoms with van der Waals surface area (Å²) in [4.78, 5) is 33.7. The van der Waals surface area contributed by atoms with Gasteiger partial charge in [0.2, 0.25) is 5.36 Å². The van der Waals surface area contributed by atoms with Crippen molar-refractivity contribution < 1.29 is 62.4 Å². The van der Waals surface area contributed by atoms with Crippen molar-refractivity contribution in [3.63, 3.8) is 0 Å². The van der Waals surface area contributed by atoms with Crippen LogP contribution in [0.4, 0.5) is 17.1 Å². The van der Waals surface area contributed by atoms with Gasteiger partial charge in [-0.2, -0.15) is 0 Å². The first-order valence-corrected chi connectivity index (χ1v) is 38.1. The van der Waals surface area contributed by atoms with E-state index < -0.39 is 23.2 Å². The molecule has 0 atom stereocenters. The Morgan fingerprint density at radius 2 is 1.00 bits per heavy atom. The summed E-state index contributed by atoms with van der Waals surface area (Å²) in [6, 6.07) is 42.3. The summed E-state index contributed by atoms with van der Waals surface area (Å²) in [6.07, 6.45) is 1.59. The Morgan fingerprint density at radius 1 is 0.532 bits per heavy atom. The molecule has 5 aromatic rings. The van der Waals surface area contributed by atoms with Crippen LogP contribution in [-0.2, 0) is 36.9 Å². The Labute approximate surface area is 568 Å². The first-order chi connectivity index (χ1) is 45.2. The molecule has 512 valence electrons. The van der Waals surface area contributed by atoms with Gasteiger partial charge in [-0.15, -0.1) is 0 Å². The summed E-state index contributed by atoms with van der Waals surface area (Å²) in [5, 5.41) is 5.25. The summed E-state index contributed by atoms with van der Waals surface area (Å²) < 4.78 is 56.7. The Kier molecular flexibility index (Phi) is 30.1. The van der Waals surface area contributed by atoms with Crippen LogP contribution in [0.2, 0.25) is 12.1 Å². The largest absolute Gasteiger partial charge is 1.00 e. The van der Waals surface area contributed by atoms with Crippen LogP contribution in [0.15, 0.2) is 126 Å². The first kappa shape index (κ1) is 76.4. The molecule has 17 nitrogen and oxygen atoms in total. The number of halogens is 1. The van der Waals surface area contributed by atoms with Gasteiger partial charge in [0, 0.05) is 178 Å². The van der Waals surface area contributed by atoms with E-state index in [0.29, 0.717) is 76.3 Å². The van der Waals surface area contributed by atoms with Crippen LogP contribution < -0.4 is 52.8 Å². The lowest BCUT2D eigenvalue weighted by Crippen LogP contribution is -3.00. The summed E-state index contributed by atoms with van der Waals surface area (Å²) in [5.74, 6) is 1.84. The van der Waals surface area contributed by atoms with Crippen molar-refractivity contribution in [2.24, 2.45) is 5.73 Å². The number of amides is 1. The quantitative estimate of drug-likeness (QED) is 0.0134. The number of hydrogen-bond acceptors (Lipinski definition) is 15. The molecule has 3 aliphatic heterocycles. The monoisotopic (exact) mass is 1340 g/mol. The minimum atomic E-state index is -2.78. The smallest absolute Gasteiger partial charge is 0.500 e. The van der Waals surface area contributed by atoms with Crippen molar-refractivity contribution >= 4 is 57.5 Å². The molecule has 0 saturated heterocycles. The molecule has 1 spiro atoms. The Balaban J connectivity index is 0.000000253. The molecule has 3 N–H and O–H groups in total. The zero-order chi connectivity index (χ0) is 67.1. The second-order valence-electron chi connectivity index (χ2n) is 22.4. The molecule has 4 aliphatic rings. The summed E-state index contributed by atoms with van der Waals surface area (Å²) in [7, 11) is -5.17. The number of benzene rings is 6. The number of anilines is 3. The molecule has 20 heteroatoms. The van der Waals surface area contributed by atoms with Gasteiger partial charge in [-0.1, -0.05) is 36.4 Å². The van der Waals surface area contributed by atoms with Crippen molar-refractivity contribution in [3.8, 4) is 33.9 Å². The maximum Gasteiger partial charge on any atom is 0.500 e. The Bertz CT molecular complexity index is 3480. The second-order valence-corrected chi connectivity index (χ2v) is 27.8. The maximum atomic E-state index is 13.8. The van der Waals surface area contributed by atoms with Gasteiger partial charge in [-0.25, -0.2) is 9.37 Å². The number of nitrogens with zero attached hydrogens (tertiary/aromatic N) is 4. The number of nitrogens with two attached hydrogens (primary N) is 1. The third-order valence-electron chi connectivity index (χ3n) is 17.1. The van der Waals surface area contributed by atoms with Crippen molar-refractivity contribution in [1.29, 1.82) is 0 Å². The van der Waals surface area contributed by atoms with Crippen molar-refractivity contribution in [1.82, 2.24) is 9.89 Å². The Hall–Kier alpha value is -6.63. The number of fused-ring (bicyclic) bond motifs is 8. The predicted octanol–water partition coefficient (Wildman–Crippen LogP) is 11.4. The van der Waals surface area contributed by atoms with E-state index in [1.54, 1.807) is 0 Å². The number of rotatable bonds is 32. The van der Waals surface area contributed by atoms with Crippen molar-refractivity contribution in [2.75, 3.05) is 120 Å². The minimum Gasteiger partial charge on any atom is -1.00 e. The zero-order valence-electron chi connectivity index (χ0n) is 58.4. The molecule has 9 rings (SSSR count). The van der Waals surface area contributed by atoms with Gasteiger partial charge in [0.05, 0.1) is 11.6 Å². The lowest BCUT2D eigenvalue weighted by atomic mass is 9.77. The predicted molar refractivity (Wildman–Crippen MR) is 382 cm³/mol. The van der Waals surface area contributed by atoms with Crippen LogP contribution in [0.1, 0.15) is 147 Å². The van der Waals surface area contributed by atoms with E-state index >= 15 is 0 Å². The van der Waals surface area contributed by atoms with Crippen LogP contribution in [0.3, 0.4) is 0 Å². The molecule has 0 radical (unpaired) electrons. The molecule has 0 fully saturated rings. The molecule has 0 aromatic heterocycles. The third-order valence-corrected chi connectivity index (χ3v) is 23.4. The van der Waals surface area contributed by atoms with Crippen molar-refractivity contribution in [3.05, 3.63) is 155 Å². The van der Waals surface area contributed by atoms with Gasteiger partial charge in [-0.05, 0) is 176 Å². The van der Waals surface area contributed by atoms with E-state index in [-0.39, 0.29) is 24.3 Å². The van der Waals surface area contributed by atoms with Gasteiger partial charge in [-0.3, -0.25) is 4.79 Å². The number of nitrogens with one attached hydrogen (secondary N) is 1. The van der Waals surface area contributed by atoms with Crippen LogP contribution in [-0.4, -0.2) is 135 Å². The van der Waals surface area contributed by atoms with Crippen molar-refractivity contribution in [2.45, 2.75) is 127 Å². The molecule has 1 amide bonds. The number of hydrogen-bond donors (Lipinski definition) is 2. The summed E-state index contributed by atoms with van der Waals surface area (Å²) in [5.41, 5.74) is 15.2. The van der Waals surface area contributed by atoms with E-state index in [4.69, 9.17) is 46.2 Å². The van der Waals surface area contributed by atoms with Crippen LogP contribution in [0.25, 0.3) is 33.4 Å². The van der Waals surface area contributed by atoms with Gasteiger partial charge < -0.3 is 78.6 Å². The topological polar surface area (TPSA) is 172 Å². The lowest BCUT2D eigenvalue weighted by molar-refractivity contribution is -0.0000892. The fourth-order valence-corrected chi connectivity index (χ4v) is 18.0. The van der Waals surface area contributed by atoms with Crippen LogP contribution >= 0.6 is 0 Å². The summed E-state index contributed by atoms with van der Waals surface area (Å²) in [6.45, 7) is 40.8. The molecule has 0 saturated carbocycles. The molecular weight excluding hydrogens is 1240 g/mol. The highest BCUT2D eigenvalue weighted by Crippen LogP contribution is 2.57. The molecule has 5 aromatic carbocycles. The fraction of sp³-hybridized carbons (Fsp3) is 0.473. The molecule has 3 heterocycles. The first-order valence-electron chi connectivity index (χ1n) is 34.2. The fourth-order valence-electron chi connectivity index (χ4n) is 12.8. The van der Waals surface area contributed by atoms with E-state index in [0.717, 1.165) is 149 Å².